The van der Waals surface area contributed by atoms with Gasteiger partial charge in [0.05, 0.1) is 11.7 Å². The Morgan fingerprint density at radius 3 is 2.65 bits per heavy atom. The van der Waals surface area contributed by atoms with Gasteiger partial charge in [0.15, 0.2) is 0 Å². The van der Waals surface area contributed by atoms with E-state index in [-0.39, 0.29) is 12.1 Å². The third-order valence-electron chi connectivity index (χ3n) is 4.14. The molecule has 1 N–H and O–H groups in total. The van der Waals surface area contributed by atoms with Gasteiger partial charge in [0.25, 0.3) is 0 Å². The molecule has 0 saturated carbocycles. The van der Waals surface area contributed by atoms with Crippen LogP contribution in [0.25, 0.3) is 0 Å². The van der Waals surface area contributed by atoms with Crippen LogP contribution in [0.2, 0.25) is 0 Å². The summed E-state index contributed by atoms with van der Waals surface area (Å²) in [7, 11) is 0. The number of alkyl carbamates (subject to hydrolysis) is 1. The van der Waals surface area contributed by atoms with Crippen LogP contribution in [0, 0.1) is 5.92 Å². The predicted octanol–water partition coefficient (Wildman–Crippen LogP) is 2.77. The lowest BCUT2D eigenvalue weighted by atomic mass is 9.95. The van der Waals surface area contributed by atoms with Crippen molar-refractivity contribution in [2.24, 2.45) is 5.92 Å². The fourth-order valence-corrected chi connectivity index (χ4v) is 2.80. The Morgan fingerprint density at radius 1 is 1.39 bits per heavy atom. The molecule has 6 heteroatoms. The second-order valence-corrected chi connectivity index (χ2v) is 7.17. The third kappa shape index (κ3) is 5.78. The first kappa shape index (κ1) is 17.7. The number of nitrogens with zero attached hydrogens (tertiary/aromatic N) is 3. The van der Waals surface area contributed by atoms with Gasteiger partial charge in [-0.2, -0.15) is 0 Å². The zero-order valence-corrected chi connectivity index (χ0v) is 14.6. The van der Waals surface area contributed by atoms with Gasteiger partial charge in [0, 0.05) is 25.1 Å². The number of aromatic nitrogens is 2. The van der Waals surface area contributed by atoms with E-state index >= 15 is 0 Å². The zero-order valence-electron chi connectivity index (χ0n) is 14.6. The lowest BCUT2D eigenvalue weighted by Crippen LogP contribution is -2.41. The van der Waals surface area contributed by atoms with E-state index < -0.39 is 5.60 Å². The van der Waals surface area contributed by atoms with Gasteiger partial charge < -0.3 is 10.1 Å². The second kappa shape index (κ2) is 7.73. The molecule has 2 heterocycles. The number of rotatable bonds is 4. The average Bonchev–Trinajstić information content (AvgIpc) is 2.52. The molecule has 23 heavy (non-hydrogen) atoms. The molecule has 6 nitrogen and oxygen atoms in total. The van der Waals surface area contributed by atoms with Crippen LogP contribution in [-0.4, -0.2) is 46.2 Å². The maximum Gasteiger partial charge on any atom is 0.407 e. The van der Waals surface area contributed by atoms with Crippen molar-refractivity contribution in [3.05, 3.63) is 24.3 Å². The molecular formula is C17H28N4O2. The van der Waals surface area contributed by atoms with Crippen LogP contribution in [0.5, 0.6) is 0 Å². The smallest absolute Gasteiger partial charge is 0.407 e. The van der Waals surface area contributed by atoms with Crippen LogP contribution in [0.1, 0.15) is 52.3 Å². The lowest BCUT2D eigenvalue weighted by Gasteiger charge is -2.35. The second-order valence-electron chi connectivity index (χ2n) is 7.17. The molecule has 128 valence electrons. The van der Waals surface area contributed by atoms with Gasteiger partial charge in [-0.05, 0) is 59.5 Å². The van der Waals surface area contributed by atoms with E-state index in [1.807, 2.05) is 27.0 Å². The lowest BCUT2D eigenvalue weighted by molar-refractivity contribution is 0.0505. The number of hydrogen-bond donors (Lipinski definition) is 1. The molecule has 1 fully saturated rings. The Hall–Kier alpha value is -1.69. The van der Waals surface area contributed by atoms with Crippen LogP contribution in [-0.2, 0) is 4.74 Å². The molecule has 0 unspecified atom stereocenters. The summed E-state index contributed by atoms with van der Waals surface area (Å²) < 4.78 is 5.27. The van der Waals surface area contributed by atoms with E-state index in [0.29, 0.717) is 12.5 Å². The largest absolute Gasteiger partial charge is 0.444 e. The number of carbonyl (C=O) groups is 1. The maximum atomic E-state index is 11.7. The summed E-state index contributed by atoms with van der Waals surface area (Å²) in [5.74, 6) is 0.507. The summed E-state index contributed by atoms with van der Waals surface area (Å²) in [6, 6.07) is 0.281. The molecule has 0 radical (unpaired) electrons. The van der Waals surface area contributed by atoms with Crippen molar-refractivity contribution in [1.29, 1.82) is 0 Å². The summed E-state index contributed by atoms with van der Waals surface area (Å²) >= 11 is 0. The van der Waals surface area contributed by atoms with Crippen molar-refractivity contribution < 1.29 is 9.53 Å². The molecule has 1 aromatic rings. The van der Waals surface area contributed by atoms with Crippen LogP contribution >= 0.6 is 0 Å². The van der Waals surface area contributed by atoms with Gasteiger partial charge in [-0.1, -0.05) is 0 Å². The Balaban J connectivity index is 1.73. The molecule has 2 rings (SSSR count). The van der Waals surface area contributed by atoms with E-state index in [1.54, 1.807) is 12.4 Å². The molecule has 0 spiro atoms. The van der Waals surface area contributed by atoms with Crippen molar-refractivity contribution in [2.45, 2.75) is 52.2 Å². The van der Waals surface area contributed by atoms with E-state index in [4.69, 9.17) is 4.74 Å². The summed E-state index contributed by atoms with van der Waals surface area (Å²) in [6.45, 7) is 10.5. The molecule has 1 aromatic heterocycles. The number of nitrogens with one attached hydrogen (secondary N) is 1. The SMILES string of the molecule is C[C@@H](c1cnccn1)N1CCC(CNC(=O)OC(C)(C)C)CC1. The Labute approximate surface area is 138 Å². The number of piperidine rings is 1. The molecule has 1 amide bonds. The minimum Gasteiger partial charge on any atom is -0.444 e. The first-order valence-corrected chi connectivity index (χ1v) is 8.32. The third-order valence-corrected chi connectivity index (χ3v) is 4.14. The van der Waals surface area contributed by atoms with Crippen molar-refractivity contribution in [1.82, 2.24) is 20.2 Å². The van der Waals surface area contributed by atoms with E-state index in [9.17, 15) is 4.79 Å². The quantitative estimate of drug-likeness (QED) is 0.924. The maximum absolute atomic E-state index is 11.7. The highest BCUT2D eigenvalue weighted by molar-refractivity contribution is 5.67. The number of ether oxygens (including phenoxy) is 1. The molecule has 1 atom stereocenters. The van der Waals surface area contributed by atoms with Gasteiger partial charge in [0.2, 0.25) is 0 Å². The first-order valence-electron chi connectivity index (χ1n) is 8.32. The van der Waals surface area contributed by atoms with Crippen LogP contribution < -0.4 is 5.32 Å². The van der Waals surface area contributed by atoms with Crippen molar-refractivity contribution in [3.63, 3.8) is 0 Å². The minimum absolute atomic E-state index is 0.281. The fraction of sp³-hybridized carbons (Fsp3) is 0.706. The average molecular weight is 320 g/mol. The van der Waals surface area contributed by atoms with E-state index in [0.717, 1.165) is 31.6 Å². The standard InChI is InChI=1S/C17H28N4O2/c1-13(15-12-18-7-8-19-15)21-9-5-14(6-10-21)11-20-16(22)23-17(2,3)4/h7-8,12-14H,5-6,9-11H2,1-4H3,(H,20,22)/t13-/m0/s1. The van der Waals surface area contributed by atoms with Gasteiger partial charge in [0.1, 0.15) is 5.60 Å². The molecule has 0 aromatic carbocycles. The Bertz CT molecular complexity index is 493. The minimum atomic E-state index is -0.445. The van der Waals surface area contributed by atoms with Gasteiger partial charge in [-0.15, -0.1) is 0 Å². The first-order chi connectivity index (χ1) is 10.8. The van der Waals surface area contributed by atoms with Gasteiger partial charge >= 0.3 is 6.09 Å². The molecule has 0 aliphatic carbocycles. The summed E-state index contributed by atoms with van der Waals surface area (Å²) in [4.78, 5) is 22.7. The van der Waals surface area contributed by atoms with Crippen LogP contribution in [0.15, 0.2) is 18.6 Å². The molecular weight excluding hydrogens is 292 g/mol. The Kier molecular flexibility index (Phi) is 5.93. The molecule has 1 aliphatic rings. The number of amides is 1. The summed E-state index contributed by atoms with van der Waals surface area (Å²) in [6.07, 6.45) is 7.09. The highest BCUT2D eigenvalue weighted by atomic mass is 16.6. The molecule has 0 bridgehead atoms. The van der Waals surface area contributed by atoms with Crippen molar-refractivity contribution in [2.75, 3.05) is 19.6 Å². The van der Waals surface area contributed by atoms with E-state index in [2.05, 4.69) is 27.1 Å². The number of hydrogen-bond acceptors (Lipinski definition) is 5. The van der Waals surface area contributed by atoms with E-state index in [1.165, 1.54) is 0 Å². The number of likely N-dealkylation sites (tertiary alicyclic amines) is 1. The normalized spacial score (nSPS) is 18.4. The van der Waals surface area contributed by atoms with Gasteiger partial charge in [-0.25, -0.2) is 4.79 Å². The van der Waals surface area contributed by atoms with Crippen LogP contribution in [0.4, 0.5) is 4.79 Å². The topological polar surface area (TPSA) is 67.4 Å². The van der Waals surface area contributed by atoms with Gasteiger partial charge in [-0.3, -0.25) is 14.9 Å². The monoisotopic (exact) mass is 320 g/mol. The molecule has 1 saturated heterocycles. The van der Waals surface area contributed by atoms with Crippen molar-refractivity contribution in [3.8, 4) is 0 Å². The highest BCUT2D eigenvalue weighted by Gasteiger charge is 2.25. The molecule has 1 aliphatic heterocycles. The Morgan fingerprint density at radius 2 is 2.09 bits per heavy atom. The predicted molar refractivity (Wildman–Crippen MR) is 89.0 cm³/mol. The summed E-state index contributed by atoms with van der Waals surface area (Å²) in [5.41, 5.74) is 0.567. The zero-order chi connectivity index (χ0) is 16.9. The number of carbonyl (C=O) groups excluding carboxylic acids is 1. The van der Waals surface area contributed by atoms with Crippen LogP contribution in [0.3, 0.4) is 0 Å². The fourth-order valence-electron chi connectivity index (χ4n) is 2.80. The highest BCUT2D eigenvalue weighted by Crippen LogP contribution is 2.24. The summed E-state index contributed by atoms with van der Waals surface area (Å²) in [5, 5.41) is 2.88. The van der Waals surface area contributed by atoms with Crippen molar-refractivity contribution >= 4 is 6.09 Å².